The molecule has 0 saturated carbocycles. The van der Waals surface area contributed by atoms with Gasteiger partial charge in [0.05, 0.1) is 40.7 Å². The number of methoxy groups -OCH3 is 4. The third kappa shape index (κ3) is 3.95. The summed E-state index contributed by atoms with van der Waals surface area (Å²) in [6, 6.07) is 9.16. The Hall–Kier alpha value is -3.32. The van der Waals surface area contributed by atoms with Crippen molar-refractivity contribution in [1.29, 1.82) is 0 Å². The average molecular weight is 396 g/mol. The zero-order chi connectivity index (χ0) is 21.0. The first kappa shape index (κ1) is 20.4. The fourth-order valence-corrected chi connectivity index (χ4v) is 3.32. The second-order valence-electron chi connectivity index (χ2n) is 6.35. The summed E-state index contributed by atoms with van der Waals surface area (Å²) >= 11 is 0. The van der Waals surface area contributed by atoms with Crippen LogP contribution in [0.2, 0.25) is 0 Å². The molecule has 0 unspecified atom stereocenters. The number of nitrogens with zero attached hydrogens (tertiary/aromatic N) is 1. The third-order valence-corrected chi connectivity index (χ3v) is 4.80. The molecule has 0 aliphatic carbocycles. The predicted molar refractivity (Wildman–Crippen MR) is 111 cm³/mol. The number of nitrogens with two attached hydrogens (primary N) is 1. The number of Topliss-reactive ketones (excluding diaryl/α,β-unsaturated/α-hetero) is 1. The van der Waals surface area contributed by atoms with Gasteiger partial charge in [-0.3, -0.25) is 9.78 Å². The maximum Gasteiger partial charge on any atom is 0.176 e. The summed E-state index contributed by atoms with van der Waals surface area (Å²) in [6.45, 7) is -0.101. The molecule has 3 rings (SSSR count). The van der Waals surface area contributed by atoms with Crippen LogP contribution < -0.4 is 24.7 Å². The van der Waals surface area contributed by atoms with Crippen molar-refractivity contribution in [2.75, 3.05) is 35.0 Å². The van der Waals surface area contributed by atoms with Gasteiger partial charge in [0, 0.05) is 23.6 Å². The molecule has 0 saturated heterocycles. The van der Waals surface area contributed by atoms with Crippen LogP contribution in [0.15, 0.2) is 36.5 Å². The summed E-state index contributed by atoms with van der Waals surface area (Å²) in [7, 11) is 6.27. The highest BCUT2D eigenvalue weighted by atomic mass is 16.5. The predicted octanol–water partition coefficient (Wildman–Crippen LogP) is 3.00. The smallest absolute Gasteiger partial charge is 0.176 e. The van der Waals surface area contributed by atoms with E-state index in [1.165, 1.54) is 7.11 Å². The Labute approximate surface area is 169 Å². The standard InChI is InChI=1S/C22H24N2O5/c1-26-19-8-13-5-6-24-17(15(13)10-21(19)28-3)7-14-9-20(27-2)22(29-4)11-16(14)18(25)12-23/h5-6,8-11H,7,12,23H2,1-4H3. The Morgan fingerprint density at radius 3 is 2.10 bits per heavy atom. The van der Waals surface area contributed by atoms with Crippen LogP contribution in [0.1, 0.15) is 21.6 Å². The van der Waals surface area contributed by atoms with Gasteiger partial charge in [-0.2, -0.15) is 0 Å². The molecule has 7 nitrogen and oxygen atoms in total. The van der Waals surface area contributed by atoms with Gasteiger partial charge in [-0.15, -0.1) is 0 Å². The molecule has 29 heavy (non-hydrogen) atoms. The zero-order valence-corrected chi connectivity index (χ0v) is 16.9. The molecule has 0 aliphatic heterocycles. The molecule has 1 heterocycles. The van der Waals surface area contributed by atoms with E-state index in [1.807, 2.05) is 18.2 Å². The van der Waals surface area contributed by atoms with E-state index in [2.05, 4.69) is 4.98 Å². The van der Waals surface area contributed by atoms with Crippen LogP contribution in [-0.4, -0.2) is 45.8 Å². The van der Waals surface area contributed by atoms with Crippen LogP contribution in [-0.2, 0) is 6.42 Å². The van der Waals surface area contributed by atoms with Crippen LogP contribution in [0, 0.1) is 0 Å². The Morgan fingerprint density at radius 1 is 0.897 bits per heavy atom. The van der Waals surface area contributed by atoms with E-state index < -0.39 is 0 Å². The van der Waals surface area contributed by atoms with Crippen molar-refractivity contribution in [3.63, 3.8) is 0 Å². The number of carbonyl (C=O) groups is 1. The van der Waals surface area contributed by atoms with Crippen molar-refractivity contribution in [3.8, 4) is 23.0 Å². The van der Waals surface area contributed by atoms with Gasteiger partial charge in [0.2, 0.25) is 0 Å². The second kappa shape index (κ2) is 8.79. The van der Waals surface area contributed by atoms with Crippen LogP contribution in [0.3, 0.4) is 0 Å². The molecule has 3 aromatic rings. The van der Waals surface area contributed by atoms with E-state index in [0.717, 1.165) is 22.0 Å². The van der Waals surface area contributed by atoms with Crippen LogP contribution >= 0.6 is 0 Å². The number of ketones is 1. The largest absolute Gasteiger partial charge is 0.493 e. The van der Waals surface area contributed by atoms with Crippen molar-refractivity contribution in [3.05, 3.63) is 53.3 Å². The van der Waals surface area contributed by atoms with E-state index in [-0.39, 0.29) is 12.3 Å². The lowest BCUT2D eigenvalue weighted by atomic mass is 9.96. The van der Waals surface area contributed by atoms with Crippen molar-refractivity contribution in [1.82, 2.24) is 4.98 Å². The molecule has 0 spiro atoms. The fourth-order valence-electron chi connectivity index (χ4n) is 3.32. The van der Waals surface area contributed by atoms with Crippen molar-refractivity contribution in [2.45, 2.75) is 6.42 Å². The topological polar surface area (TPSA) is 92.9 Å². The molecule has 0 amide bonds. The summed E-state index contributed by atoms with van der Waals surface area (Å²) in [5.41, 5.74) is 7.66. The van der Waals surface area contributed by atoms with Crippen LogP contribution in [0.25, 0.3) is 10.8 Å². The number of pyridine rings is 1. The highest BCUT2D eigenvalue weighted by Gasteiger charge is 2.18. The molecule has 0 bridgehead atoms. The van der Waals surface area contributed by atoms with Gasteiger partial charge in [0.15, 0.2) is 28.8 Å². The summed E-state index contributed by atoms with van der Waals surface area (Å²) < 4.78 is 21.6. The molecule has 7 heteroatoms. The Balaban J connectivity index is 2.16. The fraction of sp³-hybridized carbons (Fsp3) is 0.273. The lowest BCUT2D eigenvalue weighted by Gasteiger charge is -2.15. The minimum atomic E-state index is -0.180. The molecule has 0 radical (unpaired) electrons. The monoisotopic (exact) mass is 396 g/mol. The number of hydrogen-bond donors (Lipinski definition) is 1. The van der Waals surface area contributed by atoms with Gasteiger partial charge >= 0.3 is 0 Å². The number of fused-ring (bicyclic) bond motifs is 1. The minimum absolute atomic E-state index is 0.101. The number of ether oxygens (including phenoxy) is 4. The van der Waals surface area contributed by atoms with E-state index in [0.29, 0.717) is 35.0 Å². The molecule has 2 aromatic carbocycles. The third-order valence-electron chi connectivity index (χ3n) is 4.80. The Kier molecular flexibility index (Phi) is 6.19. The maximum atomic E-state index is 12.5. The summed E-state index contributed by atoms with van der Waals surface area (Å²) in [5.74, 6) is 2.09. The first-order chi connectivity index (χ1) is 14.1. The number of benzene rings is 2. The molecular weight excluding hydrogens is 372 g/mol. The van der Waals surface area contributed by atoms with Crippen molar-refractivity contribution >= 4 is 16.6 Å². The highest BCUT2D eigenvalue weighted by molar-refractivity contribution is 6.00. The lowest BCUT2D eigenvalue weighted by Crippen LogP contribution is -2.16. The minimum Gasteiger partial charge on any atom is -0.493 e. The van der Waals surface area contributed by atoms with Gasteiger partial charge in [0.25, 0.3) is 0 Å². The van der Waals surface area contributed by atoms with Crippen LogP contribution in [0.4, 0.5) is 0 Å². The van der Waals surface area contributed by atoms with Gasteiger partial charge in [-0.1, -0.05) is 0 Å². The van der Waals surface area contributed by atoms with E-state index in [9.17, 15) is 4.79 Å². The van der Waals surface area contributed by atoms with E-state index in [1.54, 1.807) is 39.7 Å². The molecule has 0 aliphatic rings. The van der Waals surface area contributed by atoms with Crippen molar-refractivity contribution < 1.29 is 23.7 Å². The summed E-state index contributed by atoms with van der Waals surface area (Å²) in [4.78, 5) is 17.0. The molecule has 0 atom stereocenters. The number of carbonyl (C=O) groups excluding carboxylic acids is 1. The lowest BCUT2D eigenvalue weighted by molar-refractivity contribution is 0.1000. The van der Waals surface area contributed by atoms with Gasteiger partial charge in [-0.05, 0) is 41.3 Å². The first-order valence-electron chi connectivity index (χ1n) is 9.04. The maximum absolute atomic E-state index is 12.5. The molecular formula is C22H24N2O5. The molecule has 2 N–H and O–H groups in total. The van der Waals surface area contributed by atoms with E-state index in [4.69, 9.17) is 24.7 Å². The Morgan fingerprint density at radius 2 is 1.48 bits per heavy atom. The quantitative estimate of drug-likeness (QED) is 0.585. The summed E-state index contributed by atoms with van der Waals surface area (Å²) in [6.07, 6.45) is 2.14. The molecule has 1 aromatic heterocycles. The van der Waals surface area contributed by atoms with Gasteiger partial charge in [0.1, 0.15) is 0 Å². The Bertz CT molecular complexity index is 1050. The molecule has 152 valence electrons. The first-order valence-corrected chi connectivity index (χ1v) is 9.04. The summed E-state index contributed by atoms with van der Waals surface area (Å²) in [5, 5.41) is 1.87. The van der Waals surface area contributed by atoms with Crippen LogP contribution in [0.5, 0.6) is 23.0 Å². The number of rotatable bonds is 8. The molecule has 0 fully saturated rings. The number of aromatic nitrogens is 1. The SMILES string of the molecule is COc1cc(Cc2nccc3cc(OC)c(OC)cc23)c(C(=O)CN)cc1OC. The second-order valence-corrected chi connectivity index (χ2v) is 6.35. The van der Waals surface area contributed by atoms with Gasteiger partial charge < -0.3 is 24.7 Å². The van der Waals surface area contributed by atoms with Crippen molar-refractivity contribution in [2.24, 2.45) is 5.73 Å². The normalized spacial score (nSPS) is 10.7. The number of hydrogen-bond acceptors (Lipinski definition) is 7. The average Bonchev–Trinajstić information content (AvgIpc) is 2.77. The zero-order valence-electron chi connectivity index (χ0n) is 16.9. The highest BCUT2D eigenvalue weighted by Crippen LogP contribution is 2.35. The van der Waals surface area contributed by atoms with Gasteiger partial charge in [-0.25, -0.2) is 0 Å². The van der Waals surface area contributed by atoms with E-state index >= 15 is 0 Å².